The molecule has 17 heavy (non-hydrogen) atoms. The fraction of sp³-hybridized carbons (Fsp3) is 0.786. The van der Waals surface area contributed by atoms with Crippen LogP contribution in [0, 0.1) is 0 Å². The van der Waals surface area contributed by atoms with Crippen LogP contribution in [0.15, 0.2) is 12.2 Å². The number of halogens is 1. The van der Waals surface area contributed by atoms with E-state index in [1.165, 1.54) is 50.1 Å². The molecule has 2 nitrogen and oxygen atoms in total. The predicted octanol–water partition coefficient (Wildman–Crippen LogP) is 4.66. The maximum absolute atomic E-state index is 10.8. The van der Waals surface area contributed by atoms with Crippen molar-refractivity contribution in [1.29, 1.82) is 0 Å². The fourth-order valence-electron chi connectivity index (χ4n) is 1.58. The van der Waals surface area contributed by atoms with E-state index < -0.39 is 0 Å². The maximum atomic E-state index is 10.8. The first-order valence-electron chi connectivity index (χ1n) is 6.59. The molecule has 0 heterocycles. The molecule has 0 atom stereocenters. The molecule has 0 aliphatic rings. The van der Waals surface area contributed by atoms with Gasteiger partial charge in [-0.3, -0.25) is 4.79 Å². The van der Waals surface area contributed by atoms with Crippen LogP contribution in [0.25, 0.3) is 0 Å². The van der Waals surface area contributed by atoms with Gasteiger partial charge in [0.1, 0.15) is 0 Å². The van der Waals surface area contributed by atoms with E-state index in [1.807, 2.05) is 0 Å². The molecule has 0 aromatic carbocycles. The summed E-state index contributed by atoms with van der Waals surface area (Å²) in [7, 11) is 1.45. The van der Waals surface area contributed by atoms with E-state index in [0.29, 0.717) is 6.42 Å². The van der Waals surface area contributed by atoms with Crippen molar-refractivity contribution < 1.29 is 9.53 Å². The minimum absolute atomic E-state index is 0.0832. The van der Waals surface area contributed by atoms with Crippen molar-refractivity contribution in [3.63, 3.8) is 0 Å². The number of unbranched alkanes of at least 4 members (excludes halogenated alkanes) is 6. The maximum Gasteiger partial charge on any atom is 0.305 e. The molecule has 3 heteroatoms. The molecule has 0 fully saturated rings. The minimum atomic E-state index is -0.0832. The molecule has 0 rings (SSSR count). The van der Waals surface area contributed by atoms with Gasteiger partial charge in [0.2, 0.25) is 0 Å². The second-order valence-corrected chi connectivity index (χ2v) is 5.26. The molecule has 0 saturated heterocycles. The van der Waals surface area contributed by atoms with Gasteiger partial charge < -0.3 is 4.74 Å². The van der Waals surface area contributed by atoms with Gasteiger partial charge in [0, 0.05) is 6.42 Å². The van der Waals surface area contributed by atoms with Gasteiger partial charge in [-0.2, -0.15) is 0 Å². The third-order valence-electron chi connectivity index (χ3n) is 2.65. The largest absolute Gasteiger partial charge is 0.469 e. The molecular formula is C14H25IO2. The van der Waals surface area contributed by atoms with Crippen molar-refractivity contribution >= 4 is 28.6 Å². The van der Waals surface area contributed by atoms with Crippen LogP contribution in [0.2, 0.25) is 0 Å². The fourth-order valence-corrected chi connectivity index (χ4v) is 2.12. The van der Waals surface area contributed by atoms with Crippen molar-refractivity contribution in [3.05, 3.63) is 12.2 Å². The SMILES string of the molecule is COC(=O)CCCCCC/C=C\CCCCI. The molecule has 0 bridgehead atoms. The van der Waals surface area contributed by atoms with Crippen LogP contribution in [0.3, 0.4) is 0 Å². The van der Waals surface area contributed by atoms with Crippen LogP contribution >= 0.6 is 22.6 Å². The molecule has 0 unspecified atom stereocenters. The first-order chi connectivity index (χ1) is 8.31. The summed E-state index contributed by atoms with van der Waals surface area (Å²) in [5, 5.41) is 0. The highest BCUT2D eigenvalue weighted by atomic mass is 127. The van der Waals surface area contributed by atoms with E-state index in [9.17, 15) is 4.79 Å². The van der Waals surface area contributed by atoms with Gasteiger partial charge in [-0.15, -0.1) is 0 Å². The molecule has 0 aliphatic heterocycles. The Morgan fingerprint density at radius 2 is 1.59 bits per heavy atom. The van der Waals surface area contributed by atoms with Gasteiger partial charge >= 0.3 is 5.97 Å². The van der Waals surface area contributed by atoms with Gasteiger partial charge in [0.25, 0.3) is 0 Å². The molecule has 0 spiro atoms. The average molecular weight is 352 g/mol. The topological polar surface area (TPSA) is 26.3 Å². The summed E-state index contributed by atoms with van der Waals surface area (Å²) < 4.78 is 5.86. The summed E-state index contributed by atoms with van der Waals surface area (Å²) in [5.74, 6) is -0.0832. The summed E-state index contributed by atoms with van der Waals surface area (Å²) >= 11 is 2.42. The summed E-state index contributed by atoms with van der Waals surface area (Å²) in [6.45, 7) is 0. The third kappa shape index (κ3) is 13.9. The summed E-state index contributed by atoms with van der Waals surface area (Å²) in [6, 6.07) is 0. The Labute approximate surface area is 119 Å². The highest BCUT2D eigenvalue weighted by Gasteiger charge is 1.98. The number of hydrogen-bond acceptors (Lipinski definition) is 2. The Morgan fingerprint density at radius 1 is 1.00 bits per heavy atom. The predicted molar refractivity (Wildman–Crippen MR) is 81.6 cm³/mol. The summed E-state index contributed by atoms with van der Waals surface area (Å²) in [6.07, 6.45) is 14.8. The van der Waals surface area contributed by atoms with Gasteiger partial charge in [-0.1, -0.05) is 47.6 Å². The Kier molecular flexibility index (Phi) is 14.0. The number of allylic oxidation sites excluding steroid dienone is 2. The van der Waals surface area contributed by atoms with E-state index >= 15 is 0 Å². The van der Waals surface area contributed by atoms with Crippen molar-refractivity contribution in [3.8, 4) is 0 Å². The molecule has 100 valence electrons. The number of ether oxygens (including phenoxy) is 1. The van der Waals surface area contributed by atoms with Crippen LogP contribution in [-0.4, -0.2) is 17.5 Å². The van der Waals surface area contributed by atoms with Crippen LogP contribution < -0.4 is 0 Å². The normalized spacial score (nSPS) is 10.9. The van der Waals surface area contributed by atoms with E-state index in [2.05, 4.69) is 39.5 Å². The molecule has 0 aromatic heterocycles. The molecule has 0 aromatic rings. The smallest absolute Gasteiger partial charge is 0.305 e. The zero-order valence-corrected chi connectivity index (χ0v) is 13.1. The summed E-state index contributed by atoms with van der Waals surface area (Å²) in [4.78, 5) is 10.8. The lowest BCUT2D eigenvalue weighted by Gasteiger charge is -1.99. The van der Waals surface area contributed by atoms with Gasteiger partial charge in [0.15, 0.2) is 0 Å². The van der Waals surface area contributed by atoms with Crippen molar-refractivity contribution in [1.82, 2.24) is 0 Å². The molecule has 0 N–H and O–H groups in total. The van der Waals surface area contributed by atoms with Crippen molar-refractivity contribution in [2.45, 2.75) is 57.8 Å². The van der Waals surface area contributed by atoms with Crippen LogP contribution in [0.5, 0.6) is 0 Å². The van der Waals surface area contributed by atoms with Gasteiger partial charge in [-0.25, -0.2) is 0 Å². The number of methoxy groups -OCH3 is 1. The quantitative estimate of drug-likeness (QED) is 0.178. The zero-order valence-electron chi connectivity index (χ0n) is 10.9. The molecule has 0 aliphatic carbocycles. The second kappa shape index (κ2) is 14.0. The van der Waals surface area contributed by atoms with E-state index in [0.717, 1.165) is 12.8 Å². The van der Waals surface area contributed by atoms with Crippen LogP contribution in [0.1, 0.15) is 57.8 Å². The van der Waals surface area contributed by atoms with Crippen molar-refractivity contribution in [2.75, 3.05) is 11.5 Å². The first-order valence-corrected chi connectivity index (χ1v) is 8.11. The van der Waals surface area contributed by atoms with Crippen LogP contribution in [-0.2, 0) is 9.53 Å². The van der Waals surface area contributed by atoms with Gasteiger partial charge in [0.05, 0.1) is 7.11 Å². The zero-order chi connectivity index (χ0) is 12.8. The number of carbonyl (C=O) groups is 1. The Bertz CT molecular complexity index is 202. The van der Waals surface area contributed by atoms with Crippen LogP contribution in [0.4, 0.5) is 0 Å². The minimum Gasteiger partial charge on any atom is -0.469 e. The highest BCUT2D eigenvalue weighted by Crippen LogP contribution is 2.07. The first kappa shape index (κ1) is 16.9. The van der Waals surface area contributed by atoms with E-state index in [-0.39, 0.29) is 5.97 Å². The van der Waals surface area contributed by atoms with E-state index in [4.69, 9.17) is 0 Å². The second-order valence-electron chi connectivity index (χ2n) is 4.19. The Morgan fingerprint density at radius 3 is 2.18 bits per heavy atom. The lowest BCUT2D eigenvalue weighted by atomic mass is 10.1. The number of esters is 1. The molecular weight excluding hydrogens is 327 g/mol. The average Bonchev–Trinajstić information content (AvgIpc) is 2.35. The summed E-state index contributed by atoms with van der Waals surface area (Å²) in [5.41, 5.74) is 0. The third-order valence-corrected chi connectivity index (χ3v) is 3.41. The van der Waals surface area contributed by atoms with Gasteiger partial charge in [-0.05, 0) is 43.0 Å². The van der Waals surface area contributed by atoms with E-state index in [1.54, 1.807) is 0 Å². The Hall–Kier alpha value is -0.0600. The lowest BCUT2D eigenvalue weighted by molar-refractivity contribution is -0.140. The molecule has 0 amide bonds. The molecule has 0 radical (unpaired) electrons. The van der Waals surface area contributed by atoms with Crippen molar-refractivity contribution in [2.24, 2.45) is 0 Å². The Balaban J connectivity index is 3.10. The monoisotopic (exact) mass is 352 g/mol. The number of hydrogen-bond donors (Lipinski definition) is 0. The highest BCUT2D eigenvalue weighted by molar-refractivity contribution is 14.1. The molecule has 0 saturated carbocycles. The number of rotatable bonds is 11. The lowest BCUT2D eigenvalue weighted by Crippen LogP contribution is -1.98. The standard InChI is InChI=1S/C14H25IO2/c1-17-14(16)12-10-8-6-4-2-3-5-7-9-11-13-15/h3,5H,2,4,6-13H2,1H3/b5-3-. The number of carbonyl (C=O) groups excluding carboxylic acids is 1. The number of alkyl halides is 1.